The summed E-state index contributed by atoms with van der Waals surface area (Å²) in [4.78, 5) is 10.1. The second-order valence-corrected chi connectivity index (χ2v) is 3.07. The molecule has 0 aromatic rings. The number of hydrogen-bond donors (Lipinski definition) is 0. The second-order valence-electron chi connectivity index (χ2n) is 2.51. The third-order valence-electron chi connectivity index (χ3n) is 1.48. The number of allylic oxidation sites excluding steroid dienone is 2. The molecule has 0 bridgehead atoms. The van der Waals surface area contributed by atoms with Crippen LogP contribution in [0.1, 0.15) is 32.6 Å². The first-order valence-electron chi connectivity index (χ1n) is 4.01. The molecule has 0 fully saturated rings. The number of hydrogen-bond acceptors (Lipinski definition) is 1. The first-order valence-corrected chi connectivity index (χ1v) is 4.45. The summed E-state index contributed by atoms with van der Waals surface area (Å²) in [7, 11) is 0. The lowest BCUT2D eigenvalue weighted by Gasteiger charge is -1.98. The molecule has 0 radical (unpaired) electrons. The summed E-state index contributed by atoms with van der Waals surface area (Å²) in [6.07, 6.45) is 9.04. The molecule has 0 saturated carbocycles. The lowest BCUT2D eigenvalue weighted by atomic mass is 10.1. The Morgan fingerprint density at radius 1 is 1.45 bits per heavy atom. The van der Waals surface area contributed by atoms with E-state index in [9.17, 15) is 4.79 Å². The molecule has 0 aliphatic carbocycles. The van der Waals surface area contributed by atoms with Gasteiger partial charge in [-0.25, -0.2) is 0 Å². The highest BCUT2D eigenvalue weighted by molar-refractivity contribution is 6.27. The molecule has 11 heavy (non-hydrogen) atoms. The van der Waals surface area contributed by atoms with Gasteiger partial charge in [-0.3, -0.25) is 0 Å². The summed E-state index contributed by atoms with van der Waals surface area (Å²) in [5.41, 5.74) is 0. The van der Waals surface area contributed by atoms with Gasteiger partial charge >= 0.3 is 0 Å². The zero-order valence-electron chi connectivity index (χ0n) is 6.92. The first kappa shape index (κ1) is 10.7. The molecule has 0 aromatic heterocycles. The lowest BCUT2D eigenvalue weighted by molar-refractivity contribution is -0.107. The molecular weight excluding hydrogens is 160 g/mol. The molecule has 0 aliphatic rings. The van der Waals surface area contributed by atoms with Crippen molar-refractivity contribution in [2.75, 3.05) is 0 Å². The summed E-state index contributed by atoms with van der Waals surface area (Å²) < 4.78 is 0. The van der Waals surface area contributed by atoms with Crippen LogP contribution in [0.5, 0.6) is 0 Å². The maximum Gasteiger partial charge on any atom is 0.137 e. The van der Waals surface area contributed by atoms with Gasteiger partial charge in [-0.15, -0.1) is 11.6 Å². The quantitative estimate of drug-likeness (QED) is 0.262. The van der Waals surface area contributed by atoms with Gasteiger partial charge < -0.3 is 4.79 Å². The van der Waals surface area contributed by atoms with Crippen LogP contribution in [0.25, 0.3) is 0 Å². The van der Waals surface area contributed by atoms with Crippen molar-refractivity contribution in [2.45, 2.75) is 38.0 Å². The van der Waals surface area contributed by atoms with E-state index in [1.54, 1.807) is 0 Å². The number of aldehydes is 1. The van der Waals surface area contributed by atoms with Crippen LogP contribution in [0.2, 0.25) is 0 Å². The van der Waals surface area contributed by atoms with E-state index in [4.69, 9.17) is 11.6 Å². The summed E-state index contributed by atoms with van der Waals surface area (Å²) in [6, 6.07) is 0. The van der Waals surface area contributed by atoms with Crippen LogP contribution in [-0.4, -0.2) is 11.7 Å². The van der Waals surface area contributed by atoms with Gasteiger partial charge in [0, 0.05) is 0 Å². The fourth-order valence-corrected chi connectivity index (χ4v) is 0.991. The van der Waals surface area contributed by atoms with E-state index in [1.165, 1.54) is 0 Å². The molecule has 1 unspecified atom stereocenters. The van der Waals surface area contributed by atoms with Crippen LogP contribution < -0.4 is 0 Å². The molecule has 0 N–H and O–H groups in total. The second kappa shape index (κ2) is 7.80. The Bertz CT molecular complexity index is 121. The molecule has 2 heteroatoms. The summed E-state index contributed by atoms with van der Waals surface area (Å²) in [5, 5.41) is -0.277. The van der Waals surface area contributed by atoms with Crippen molar-refractivity contribution in [1.82, 2.24) is 0 Å². The highest BCUT2D eigenvalue weighted by Crippen LogP contribution is 2.07. The predicted molar refractivity (Wildman–Crippen MR) is 49.0 cm³/mol. The van der Waals surface area contributed by atoms with E-state index < -0.39 is 0 Å². The lowest BCUT2D eigenvalue weighted by Crippen LogP contribution is -1.98. The molecule has 1 nitrogen and oxygen atoms in total. The molecule has 0 heterocycles. The standard InChI is InChI=1S/C9H15ClO/c1-2-3-4-5-6-7-9(10)8-11/h2-3,8-9H,4-7H2,1H3. The summed E-state index contributed by atoms with van der Waals surface area (Å²) in [5.74, 6) is 0. The first-order chi connectivity index (χ1) is 5.31. The minimum Gasteiger partial charge on any atom is -0.302 e. The molecule has 0 aromatic carbocycles. The van der Waals surface area contributed by atoms with Gasteiger partial charge in [0.15, 0.2) is 0 Å². The Morgan fingerprint density at radius 3 is 2.73 bits per heavy atom. The Morgan fingerprint density at radius 2 is 2.18 bits per heavy atom. The van der Waals surface area contributed by atoms with E-state index in [-0.39, 0.29) is 5.38 Å². The smallest absolute Gasteiger partial charge is 0.137 e. The fourth-order valence-electron chi connectivity index (χ4n) is 0.836. The molecular formula is C9H15ClO. The van der Waals surface area contributed by atoms with E-state index in [0.717, 1.165) is 32.0 Å². The van der Waals surface area contributed by atoms with Crippen LogP contribution in [-0.2, 0) is 4.79 Å². The van der Waals surface area contributed by atoms with Gasteiger partial charge in [0.2, 0.25) is 0 Å². The highest BCUT2D eigenvalue weighted by Gasteiger charge is 1.99. The van der Waals surface area contributed by atoms with Crippen LogP contribution in [0, 0.1) is 0 Å². The van der Waals surface area contributed by atoms with Crippen molar-refractivity contribution in [3.8, 4) is 0 Å². The van der Waals surface area contributed by atoms with Crippen molar-refractivity contribution < 1.29 is 4.79 Å². The zero-order chi connectivity index (χ0) is 8.53. The van der Waals surface area contributed by atoms with Gasteiger partial charge in [-0.2, -0.15) is 0 Å². The van der Waals surface area contributed by atoms with Gasteiger partial charge in [-0.05, 0) is 26.2 Å². The van der Waals surface area contributed by atoms with Gasteiger partial charge in [-0.1, -0.05) is 18.6 Å². The van der Waals surface area contributed by atoms with E-state index in [2.05, 4.69) is 6.08 Å². The Hall–Kier alpha value is -0.300. The van der Waals surface area contributed by atoms with Gasteiger partial charge in [0.1, 0.15) is 6.29 Å². The van der Waals surface area contributed by atoms with Crippen molar-refractivity contribution in [3.05, 3.63) is 12.2 Å². The normalized spacial score (nSPS) is 13.6. The predicted octanol–water partition coefficient (Wildman–Crippen LogP) is 2.93. The van der Waals surface area contributed by atoms with Gasteiger partial charge in [0.05, 0.1) is 5.38 Å². The van der Waals surface area contributed by atoms with Gasteiger partial charge in [0.25, 0.3) is 0 Å². The average Bonchev–Trinajstić information content (AvgIpc) is 2.04. The molecule has 0 spiro atoms. The largest absolute Gasteiger partial charge is 0.302 e. The summed E-state index contributed by atoms with van der Waals surface area (Å²) >= 11 is 5.59. The van der Waals surface area contributed by atoms with Crippen molar-refractivity contribution in [1.29, 1.82) is 0 Å². The molecule has 1 atom stereocenters. The van der Waals surface area contributed by atoms with Crippen LogP contribution >= 0.6 is 11.6 Å². The molecule has 0 aliphatic heterocycles. The zero-order valence-corrected chi connectivity index (χ0v) is 7.68. The Balaban J connectivity index is 3.07. The molecule has 0 amide bonds. The number of unbranched alkanes of at least 4 members (excludes halogenated alkanes) is 2. The maximum atomic E-state index is 10.1. The third kappa shape index (κ3) is 7.60. The maximum absolute atomic E-state index is 10.1. The fraction of sp³-hybridized carbons (Fsp3) is 0.667. The molecule has 0 saturated heterocycles. The van der Waals surface area contributed by atoms with Crippen LogP contribution in [0.15, 0.2) is 12.2 Å². The van der Waals surface area contributed by atoms with Crippen molar-refractivity contribution >= 4 is 17.9 Å². The SMILES string of the molecule is CC=CCCCCC(Cl)C=O. The van der Waals surface area contributed by atoms with Crippen molar-refractivity contribution in [2.24, 2.45) is 0 Å². The molecule has 64 valence electrons. The summed E-state index contributed by atoms with van der Waals surface area (Å²) in [6.45, 7) is 2.01. The third-order valence-corrected chi connectivity index (χ3v) is 1.81. The topological polar surface area (TPSA) is 17.1 Å². The average molecular weight is 175 g/mol. The number of carbonyl (C=O) groups excluding carboxylic acids is 1. The van der Waals surface area contributed by atoms with E-state index >= 15 is 0 Å². The number of carbonyl (C=O) groups is 1. The number of rotatable bonds is 6. The van der Waals surface area contributed by atoms with Crippen LogP contribution in [0.4, 0.5) is 0 Å². The monoisotopic (exact) mass is 174 g/mol. The Kier molecular flexibility index (Phi) is 7.59. The number of alkyl halides is 1. The van der Waals surface area contributed by atoms with E-state index in [1.807, 2.05) is 13.0 Å². The van der Waals surface area contributed by atoms with Crippen molar-refractivity contribution in [3.63, 3.8) is 0 Å². The number of halogens is 1. The highest BCUT2D eigenvalue weighted by atomic mass is 35.5. The van der Waals surface area contributed by atoms with E-state index in [0.29, 0.717) is 0 Å². The minimum absolute atomic E-state index is 0.277. The molecule has 0 rings (SSSR count). The minimum atomic E-state index is -0.277. The van der Waals surface area contributed by atoms with Crippen LogP contribution in [0.3, 0.4) is 0 Å². The Labute approximate surface area is 73.4 Å².